The zero-order chi connectivity index (χ0) is 20.5. The van der Waals surface area contributed by atoms with Gasteiger partial charge in [0.2, 0.25) is 0 Å². The first-order valence-corrected chi connectivity index (χ1v) is 11.7. The Kier molecular flexibility index (Phi) is 14.7. The van der Waals surface area contributed by atoms with E-state index in [2.05, 4.69) is 19.1 Å². The molecule has 1 fully saturated rings. The van der Waals surface area contributed by atoms with Crippen molar-refractivity contribution in [2.45, 2.75) is 110 Å². The normalized spacial score (nSPS) is 19.8. The Morgan fingerprint density at radius 2 is 1.36 bits per heavy atom. The lowest BCUT2D eigenvalue weighted by molar-refractivity contribution is -0.159. The van der Waals surface area contributed by atoms with E-state index in [4.69, 9.17) is 4.74 Å². The zero-order valence-corrected chi connectivity index (χ0v) is 18.0. The van der Waals surface area contributed by atoms with Crippen LogP contribution in [-0.2, 0) is 14.3 Å². The molecular formula is C24H42O4. The summed E-state index contributed by atoms with van der Waals surface area (Å²) in [6.45, 7) is 2.67. The Balaban J connectivity index is 1.94. The maximum atomic E-state index is 12.1. The lowest BCUT2D eigenvalue weighted by Gasteiger charge is -2.26. The summed E-state index contributed by atoms with van der Waals surface area (Å²) in [5.74, 6) is -2.17. The first-order valence-electron chi connectivity index (χ1n) is 11.7. The molecule has 4 nitrogen and oxygen atoms in total. The zero-order valence-electron chi connectivity index (χ0n) is 18.0. The highest BCUT2D eigenvalue weighted by Crippen LogP contribution is 2.31. The van der Waals surface area contributed by atoms with Gasteiger partial charge in [-0.1, -0.05) is 76.9 Å². The molecule has 162 valence electrons. The third-order valence-electron chi connectivity index (χ3n) is 5.79. The molecule has 1 rings (SSSR count). The Bertz CT molecular complexity index is 444. The average molecular weight is 395 g/mol. The average Bonchev–Trinajstić information content (AvgIpc) is 2.70. The number of hydrogen-bond donors (Lipinski definition) is 1. The molecule has 0 spiro atoms. The van der Waals surface area contributed by atoms with Crippen LogP contribution in [0, 0.1) is 11.8 Å². The van der Waals surface area contributed by atoms with Gasteiger partial charge in [-0.2, -0.15) is 0 Å². The van der Waals surface area contributed by atoms with Gasteiger partial charge >= 0.3 is 11.9 Å². The van der Waals surface area contributed by atoms with Gasteiger partial charge in [0.25, 0.3) is 0 Å². The van der Waals surface area contributed by atoms with Crippen LogP contribution in [0.5, 0.6) is 0 Å². The second-order valence-corrected chi connectivity index (χ2v) is 8.23. The molecule has 1 aliphatic carbocycles. The van der Waals surface area contributed by atoms with E-state index in [0.717, 1.165) is 32.1 Å². The van der Waals surface area contributed by atoms with E-state index in [-0.39, 0.29) is 5.97 Å². The number of carbonyl (C=O) groups is 2. The summed E-state index contributed by atoms with van der Waals surface area (Å²) in [5, 5.41) is 9.25. The number of rotatable bonds is 16. The molecule has 0 aliphatic heterocycles. The highest BCUT2D eigenvalue weighted by Gasteiger charge is 2.36. The monoisotopic (exact) mass is 394 g/mol. The Morgan fingerprint density at radius 3 is 1.96 bits per heavy atom. The van der Waals surface area contributed by atoms with Crippen molar-refractivity contribution in [1.82, 2.24) is 0 Å². The summed E-state index contributed by atoms with van der Waals surface area (Å²) in [6, 6.07) is 0. The van der Waals surface area contributed by atoms with Crippen LogP contribution in [0.3, 0.4) is 0 Å². The van der Waals surface area contributed by atoms with Crippen molar-refractivity contribution in [1.29, 1.82) is 0 Å². The first kappa shape index (κ1) is 24.7. The number of unbranched alkanes of at least 4 members (excludes halogenated alkanes) is 10. The first-order chi connectivity index (χ1) is 13.7. The van der Waals surface area contributed by atoms with Crippen molar-refractivity contribution < 1.29 is 19.4 Å². The van der Waals surface area contributed by atoms with E-state index in [9.17, 15) is 14.7 Å². The molecule has 1 aliphatic rings. The van der Waals surface area contributed by atoms with Gasteiger partial charge in [-0.3, -0.25) is 9.59 Å². The summed E-state index contributed by atoms with van der Waals surface area (Å²) in [4.78, 5) is 23.4. The molecule has 0 radical (unpaired) electrons. The van der Waals surface area contributed by atoms with E-state index in [1.165, 1.54) is 57.8 Å². The number of carboxylic acids is 1. The number of ether oxygens (including phenoxy) is 1. The van der Waals surface area contributed by atoms with Crippen molar-refractivity contribution in [2.24, 2.45) is 11.8 Å². The smallest absolute Gasteiger partial charge is 0.309 e. The molecule has 0 aromatic carbocycles. The molecule has 2 unspecified atom stereocenters. The standard InChI is InChI=1S/C24H42O4/c1-2-3-4-5-6-7-8-9-10-11-12-13-14-17-20-28-24(27)22-19-16-15-18-21(22)23(25)26/h11-12,21-22H,2-10,13-20H2,1H3,(H,25,26)/b12-11+. The van der Waals surface area contributed by atoms with Crippen molar-refractivity contribution in [3.8, 4) is 0 Å². The second kappa shape index (κ2) is 16.6. The molecule has 28 heavy (non-hydrogen) atoms. The lowest BCUT2D eigenvalue weighted by Crippen LogP contribution is -2.33. The minimum absolute atomic E-state index is 0.308. The Labute approximate surface area is 172 Å². The van der Waals surface area contributed by atoms with Gasteiger partial charge in [-0.25, -0.2) is 0 Å². The molecule has 0 aromatic rings. The third kappa shape index (κ3) is 11.5. The van der Waals surface area contributed by atoms with Crippen LogP contribution < -0.4 is 0 Å². The number of carbonyl (C=O) groups excluding carboxylic acids is 1. The quantitative estimate of drug-likeness (QED) is 0.180. The molecule has 0 aromatic heterocycles. The van der Waals surface area contributed by atoms with Gasteiger partial charge in [0, 0.05) is 0 Å². The van der Waals surface area contributed by atoms with E-state index in [0.29, 0.717) is 19.4 Å². The number of aliphatic carboxylic acids is 1. The molecule has 2 atom stereocenters. The largest absolute Gasteiger partial charge is 0.481 e. The van der Waals surface area contributed by atoms with Gasteiger partial charge in [0.1, 0.15) is 0 Å². The van der Waals surface area contributed by atoms with Crippen molar-refractivity contribution in [3.63, 3.8) is 0 Å². The highest BCUT2D eigenvalue weighted by molar-refractivity contribution is 5.81. The number of carboxylic acid groups (broad SMARTS) is 1. The van der Waals surface area contributed by atoms with E-state index >= 15 is 0 Å². The maximum absolute atomic E-state index is 12.1. The Morgan fingerprint density at radius 1 is 0.821 bits per heavy atom. The highest BCUT2D eigenvalue weighted by atomic mass is 16.5. The van der Waals surface area contributed by atoms with E-state index < -0.39 is 17.8 Å². The number of hydrogen-bond acceptors (Lipinski definition) is 3. The van der Waals surface area contributed by atoms with Gasteiger partial charge in [0.05, 0.1) is 18.4 Å². The van der Waals surface area contributed by atoms with Crippen molar-refractivity contribution >= 4 is 11.9 Å². The fourth-order valence-corrected chi connectivity index (χ4v) is 3.98. The molecule has 0 bridgehead atoms. The number of allylic oxidation sites excluding steroid dienone is 2. The molecule has 1 saturated carbocycles. The summed E-state index contributed by atoms with van der Waals surface area (Å²) in [5.41, 5.74) is 0. The van der Waals surface area contributed by atoms with Crippen LogP contribution in [0.1, 0.15) is 110 Å². The topological polar surface area (TPSA) is 63.6 Å². The van der Waals surface area contributed by atoms with Crippen LogP contribution in [0.2, 0.25) is 0 Å². The third-order valence-corrected chi connectivity index (χ3v) is 5.79. The summed E-state index contributed by atoms with van der Waals surface area (Å²) in [6.07, 6.45) is 22.5. The van der Waals surface area contributed by atoms with E-state index in [1.54, 1.807) is 0 Å². The summed E-state index contributed by atoms with van der Waals surface area (Å²) < 4.78 is 5.34. The maximum Gasteiger partial charge on any atom is 0.309 e. The van der Waals surface area contributed by atoms with Gasteiger partial charge in [-0.15, -0.1) is 0 Å². The molecule has 0 saturated heterocycles. The SMILES string of the molecule is CCCCCCCCCC/C=C/CCCCOC(=O)C1CCCCC1C(=O)O. The Hall–Kier alpha value is -1.32. The van der Waals surface area contributed by atoms with Gasteiger partial charge in [0.15, 0.2) is 0 Å². The van der Waals surface area contributed by atoms with Crippen LogP contribution in [0.15, 0.2) is 12.2 Å². The van der Waals surface area contributed by atoms with Gasteiger partial charge < -0.3 is 9.84 Å². The second-order valence-electron chi connectivity index (χ2n) is 8.23. The number of esters is 1. The minimum atomic E-state index is -0.858. The lowest BCUT2D eigenvalue weighted by atomic mass is 9.79. The molecule has 4 heteroatoms. The van der Waals surface area contributed by atoms with Crippen LogP contribution in [0.25, 0.3) is 0 Å². The van der Waals surface area contributed by atoms with E-state index in [1.807, 2.05) is 0 Å². The molecular weight excluding hydrogens is 352 g/mol. The van der Waals surface area contributed by atoms with Crippen LogP contribution in [0.4, 0.5) is 0 Å². The fraction of sp³-hybridized carbons (Fsp3) is 0.833. The van der Waals surface area contributed by atoms with Crippen LogP contribution >= 0.6 is 0 Å². The minimum Gasteiger partial charge on any atom is -0.481 e. The summed E-state index contributed by atoms with van der Waals surface area (Å²) >= 11 is 0. The fourth-order valence-electron chi connectivity index (χ4n) is 3.98. The summed E-state index contributed by atoms with van der Waals surface area (Å²) in [7, 11) is 0. The van der Waals surface area contributed by atoms with Crippen molar-refractivity contribution in [2.75, 3.05) is 6.61 Å². The molecule has 1 N–H and O–H groups in total. The molecule has 0 amide bonds. The van der Waals surface area contributed by atoms with Crippen molar-refractivity contribution in [3.05, 3.63) is 12.2 Å². The molecule has 0 heterocycles. The predicted octanol–water partition coefficient (Wildman–Crippen LogP) is 6.68. The van der Waals surface area contributed by atoms with Crippen LogP contribution in [-0.4, -0.2) is 23.7 Å². The predicted molar refractivity (Wildman–Crippen MR) is 114 cm³/mol. The van der Waals surface area contributed by atoms with Gasteiger partial charge in [-0.05, 0) is 44.9 Å².